The van der Waals surface area contributed by atoms with E-state index in [1.54, 1.807) is 17.0 Å². The minimum atomic E-state index is -0.584. The maximum absolute atomic E-state index is 14.1. The van der Waals surface area contributed by atoms with Crippen molar-refractivity contribution in [2.45, 2.75) is 6.04 Å². The van der Waals surface area contributed by atoms with E-state index in [4.69, 9.17) is 16.1 Å². The maximum Gasteiger partial charge on any atom is 0.293 e. The molecule has 1 aliphatic rings. The summed E-state index contributed by atoms with van der Waals surface area (Å²) in [7, 11) is 3.90. The van der Waals surface area contributed by atoms with E-state index in [1.165, 1.54) is 12.1 Å². The summed E-state index contributed by atoms with van der Waals surface area (Å²) in [6.45, 7) is 1.23. The van der Waals surface area contributed by atoms with Gasteiger partial charge in [-0.15, -0.1) is 0 Å². The van der Waals surface area contributed by atoms with Gasteiger partial charge in [-0.25, -0.2) is 4.39 Å². The van der Waals surface area contributed by atoms with Gasteiger partial charge in [-0.3, -0.25) is 4.79 Å². The number of hydrogen-bond acceptors (Lipinski definition) is 4. The lowest BCUT2D eigenvalue weighted by Gasteiger charge is -2.25. The van der Waals surface area contributed by atoms with Crippen molar-refractivity contribution < 1.29 is 13.7 Å². The molecule has 24 heavy (non-hydrogen) atoms. The van der Waals surface area contributed by atoms with Gasteiger partial charge in [0.2, 0.25) is 5.76 Å². The van der Waals surface area contributed by atoms with Crippen LogP contribution in [0.2, 0.25) is 5.02 Å². The molecule has 1 atom stereocenters. The van der Waals surface area contributed by atoms with Crippen molar-refractivity contribution in [2.24, 2.45) is 0 Å². The zero-order valence-electron chi connectivity index (χ0n) is 13.4. The Morgan fingerprint density at radius 3 is 3.04 bits per heavy atom. The van der Waals surface area contributed by atoms with Crippen LogP contribution in [0.15, 0.2) is 40.9 Å². The molecule has 7 heteroatoms. The zero-order chi connectivity index (χ0) is 17.3. The third kappa shape index (κ3) is 3.20. The summed E-state index contributed by atoms with van der Waals surface area (Å²) in [4.78, 5) is 16.3. The highest BCUT2D eigenvalue weighted by Crippen LogP contribution is 2.28. The third-order valence-electron chi connectivity index (χ3n) is 3.82. The van der Waals surface area contributed by atoms with Gasteiger partial charge in [-0.1, -0.05) is 35.0 Å². The van der Waals surface area contributed by atoms with Gasteiger partial charge in [0.15, 0.2) is 5.82 Å². The smallest absolute Gasteiger partial charge is 0.293 e. The van der Waals surface area contributed by atoms with E-state index in [2.05, 4.69) is 5.16 Å². The molecule has 1 amide bonds. The minimum Gasteiger partial charge on any atom is -0.350 e. The molecule has 2 heterocycles. The number of amides is 1. The normalized spacial score (nSPS) is 17.0. The summed E-state index contributed by atoms with van der Waals surface area (Å²) < 4.78 is 19.2. The maximum atomic E-state index is 14.1. The van der Waals surface area contributed by atoms with Crippen molar-refractivity contribution in [2.75, 3.05) is 27.2 Å². The van der Waals surface area contributed by atoms with Crippen LogP contribution in [0.25, 0.3) is 11.3 Å². The van der Waals surface area contributed by atoms with Crippen LogP contribution < -0.4 is 0 Å². The van der Waals surface area contributed by atoms with E-state index in [9.17, 15) is 9.18 Å². The monoisotopic (exact) mass is 349 g/mol. The van der Waals surface area contributed by atoms with Crippen LogP contribution in [-0.2, 0) is 0 Å². The van der Waals surface area contributed by atoms with E-state index in [-0.39, 0.29) is 34.0 Å². The Morgan fingerprint density at radius 2 is 2.29 bits per heavy atom. The summed E-state index contributed by atoms with van der Waals surface area (Å²) in [5.41, 5.74) is 0.448. The molecular weight excluding hydrogens is 333 g/mol. The molecular formula is C17H17ClFN3O2. The Kier molecular flexibility index (Phi) is 4.69. The van der Waals surface area contributed by atoms with E-state index in [1.807, 2.05) is 31.1 Å². The van der Waals surface area contributed by atoms with Crippen molar-refractivity contribution in [3.05, 3.63) is 53.0 Å². The first-order valence-electron chi connectivity index (χ1n) is 7.51. The lowest BCUT2D eigenvalue weighted by molar-refractivity contribution is 0.0691. The highest BCUT2D eigenvalue weighted by atomic mass is 35.5. The standard InChI is InChI=1S/C17H17ClFN3O2/c1-21(2)10-11-5-4-8-22(11)17(23)15-9-14(20-24-15)12-6-3-7-13(18)16(12)19/h3-7,9,11H,8,10H2,1-2H3. The van der Waals surface area contributed by atoms with Gasteiger partial charge < -0.3 is 14.3 Å². The molecule has 1 aliphatic heterocycles. The lowest BCUT2D eigenvalue weighted by atomic mass is 10.1. The van der Waals surface area contributed by atoms with Gasteiger partial charge >= 0.3 is 0 Å². The molecule has 0 saturated carbocycles. The van der Waals surface area contributed by atoms with E-state index >= 15 is 0 Å². The summed E-state index contributed by atoms with van der Waals surface area (Å²) >= 11 is 5.78. The molecule has 0 saturated heterocycles. The Hall–Kier alpha value is -2.18. The van der Waals surface area contributed by atoms with Gasteiger partial charge in [0, 0.05) is 24.7 Å². The summed E-state index contributed by atoms with van der Waals surface area (Å²) in [5.74, 6) is -0.773. The molecule has 5 nitrogen and oxygen atoms in total. The van der Waals surface area contributed by atoms with Gasteiger partial charge in [-0.05, 0) is 26.2 Å². The largest absolute Gasteiger partial charge is 0.350 e. The first kappa shape index (κ1) is 16.7. The van der Waals surface area contributed by atoms with Crippen LogP contribution in [0.5, 0.6) is 0 Å². The molecule has 0 spiro atoms. The average Bonchev–Trinajstić information content (AvgIpc) is 3.18. The Morgan fingerprint density at radius 1 is 1.50 bits per heavy atom. The molecule has 2 aromatic rings. The molecule has 0 radical (unpaired) electrons. The third-order valence-corrected chi connectivity index (χ3v) is 4.11. The van der Waals surface area contributed by atoms with Gasteiger partial charge in [0.25, 0.3) is 5.91 Å². The first-order valence-corrected chi connectivity index (χ1v) is 7.88. The molecule has 0 aliphatic carbocycles. The van der Waals surface area contributed by atoms with Crippen LogP contribution in [0.1, 0.15) is 10.6 Å². The second kappa shape index (κ2) is 6.75. The highest BCUT2D eigenvalue weighted by Gasteiger charge is 2.29. The summed E-state index contributed by atoms with van der Waals surface area (Å²) in [6.07, 6.45) is 3.94. The number of carbonyl (C=O) groups excluding carboxylic acids is 1. The average molecular weight is 350 g/mol. The molecule has 126 valence electrons. The van der Waals surface area contributed by atoms with Crippen LogP contribution >= 0.6 is 11.6 Å². The van der Waals surface area contributed by atoms with Crippen molar-refractivity contribution in [1.82, 2.24) is 15.0 Å². The molecule has 0 fully saturated rings. The van der Waals surface area contributed by atoms with Crippen LogP contribution in [0.4, 0.5) is 4.39 Å². The van der Waals surface area contributed by atoms with Crippen LogP contribution in [0, 0.1) is 5.82 Å². The fourth-order valence-electron chi connectivity index (χ4n) is 2.68. The van der Waals surface area contributed by atoms with Crippen LogP contribution in [-0.4, -0.2) is 54.1 Å². The summed E-state index contributed by atoms with van der Waals surface area (Å²) in [6, 6.07) is 6.04. The predicted octanol–water partition coefficient (Wildman–Crippen LogP) is 3.08. The number of carbonyl (C=O) groups is 1. The minimum absolute atomic E-state index is 0.00170. The van der Waals surface area contributed by atoms with Gasteiger partial charge in [0.1, 0.15) is 5.69 Å². The number of halogens is 2. The number of aromatic nitrogens is 1. The van der Waals surface area contributed by atoms with Crippen molar-refractivity contribution in [1.29, 1.82) is 0 Å². The number of likely N-dealkylation sites (N-methyl/N-ethyl adjacent to an activating group) is 1. The second-order valence-corrected chi connectivity index (χ2v) is 6.30. The predicted molar refractivity (Wildman–Crippen MR) is 89.4 cm³/mol. The van der Waals surface area contributed by atoms with E-state index in [0.29, 0.717) is 13.1 Å². The molecule has 1 unspecified atom stereocenters. The second-order valence-electron chi connectivity index (χ2n) is 5.89. The Labute approximate surface area is 144 Å². The molecule has 1 aromatic carbocycles. The van der Waals surface area contributed by atoms with Crippen molar-refractivity contribution >= 4 is 17.5 Å². The number of rotatable bonds is 4. The van der Waals surface area contributed by atoms with Crippen molar-refractivity contribution in [3.63, 3.8) is 0 Å². The zero-order valence-corrected chi connectivity index (χ0v) is 14.1. The van der Waals surface area contributed by atoms with Crippen molar-refractivity contribution in [3.8, 4) is 11.3 Å². The lowest BCUT2D eigenvalue weighted by Crippen LogP contribution is -2.41. The molecule has 3 rings (SSSR count). The fourth-order valence-corrected chi connectivity index (χ4v) is 2.86. The Bertz CT molecular complexity index is 788. The number of hydrogen-bond donors (Lipinski definition) is 0. The van der Waals surface area contributed by atoms with Gasteiger partial charge in [-0.2, -0.15) is 0 Å². The number of benzene rings is 1. The van der Waals surface area contributed by atoms with Crippen LogP contribution in [0.3, 0.4) is 0 Å². The number of nitrogens with zero attached hydrogens (tertiary/aromatic N) is 3. The first-order chi connectivity index (χ1) is 11.5. The Balaban J connectivity index is 1.83. The SMILES string of the molecule is CN(C)CC1C=CCN1C(=O)c1cc(-c2cccc(Cl)c2F)no1. The highest BCUT2D eigenvalue weighted by molar-refractivity contribution is 6.31. The summed E-state index contributed by atoms with van der Waals surface area (Å²) in [5, 5.41) is 3.81. The fraction of sp³-hybridized carbons (Fsp3) is 0.294. The molecule has 0 bridgehead atoms. The van der Waals surface area contributed by atoms with E-state index in [0.717, 1.165) is 0 Å². The molecule has 1 aromatic heterocycles. The topological polar surface area (TPSA) is 49.6 Å². The molecule has 0 N–H and O–H groups in total. The van der Waals surface area contributed by atoms with Gasteiger partial charge in [0.05, 0.1) is 11.1 Å². The quantitative estimate of drug-likeness (QED) is 0.796. The van der Waals surface area contributed by atoms with E-state index < -0.39 is 5.82 Å².